The van der Waals surface area contributed by atoms with E-state index in [1.807, 2.05) is 40.7 Å². The van der Waals surface area contributed by atoms with E-state index in [1.165, 1.54) is 0 Å². The van der Waals surface area contributed by atoms with Gasteiger partial charge in [0.05, 0.1) is 0 Å². The van der Waals surface area contributed by atoms with E-state index in [0.29, 0.717) is 24.7 Å². The highest BCUT2D eigenvalue weighted by atomic mass is 16.6. The first kappa shape index (κ1) is 18.4. The van der Waals surface area contributed by atoms with Crippen molar-refractivity contribution in [1.29, 1.82) is 0 Å². The molecule has 1 fully saturated rings. The first-order valence-corrected chi connectivity index (χ1v) is 8.58. The van der Waals surface area contributed by atoms with Crippen LogP contribution in [0.5, 0.6) is 0 Å². The SMILES string of the molecule is Cc1cc(C)c(C(=O)NCC[C@H]2CCN(C(=O)OC(C)(C)C)C2)[nH]1. The van der Waals surface area contributed by atoms with Crippen molar-refractivity contribution in [2.75, 3.05) is 19.6 Å². The number of rotatable bonds is 4. The van der Waals surface area contributed by atoms with Gasteiger partial charge in [-0.25, -0.2) is 4.79 Å². The van der Waals surface area contributed by atoms with Crippen LogP contribution < -0.4 is 5.32 Å². The molecule has 2 amide bonds. The Labute approximate surface area is 143 Å². The Hall–Kier alpha value is -1.98. The van der Waals surface area contributed by atoms with Crippen LogP contribution in [-0.4, -0.2) is 47.1 Å². The number of H-pyrrole nitrogens is 1. The number of nitrogens with one attached hydrogen (secondary N) is 2. The largest absolute Gasteiger partial charge is 0.444 e. The Kier molecular flexibility index (Phi) is 5.57. The minimum atomic E-state index is -0.463. The molecule has 2 N–H and O–H groups in total. The average molecular weight is 335 g/mol. The van der Waals surface area contributed by atoms with Gasteiger partial charge in [0.25, 0.3) is 5.91 Å². The molecule has 0 unspecified atom stereocenters. The third-order valence-electron chi connectivity index (χ3n) is 4.15. The molecule has 0 aromatic carbocycles. The summed E-state index contributed by atoms with van der Waals surface area (Å²) < 4.78 is 5.40. The highest BCUT2D eigenvalue weighted by Crippen LogP contribution is 2.21. The van der Waals surface area contributed by atoms with Crippen LogP contribution >= 0.6 is 0 Å². The van der Waals surface area contributed by atoms with Crippen LogP contribution in [0.25, 0.3) is 0 Å². The maximum absolute atomic E-state index is 12.2. The predicted octanol–water partition coefficient (Wildman–Crippen LogP) is 3.01. The third kappa shape index (κ3) is 5.01. The Balaban J connectivity index is 1.73. The van der Waals surface area contributed by atoms with Gasteiger partial charge in [-0.2, -0.15) is 0 Å². The van der Waals surface area contributed by atoms with Crippen molar-refractivity contribution in [3.63, 3.8) is 0 Å². The molecule has 1 atom stereocenters. The van der Waals surface area contributed by atoms with Crippen molar-refractivity contribution in [3.8, 4) is 0 Å². The zero-order valence-electron chi connectivity index (χ0n) is 15.4. The van der Waals surface area contributed by atoms with E-state index in [-0.39, 0.29) is 12.0 Å². The second-order valence-electron chi connectivity index (χ2n) is 7.64. The summed E-state index contributed by atoms with van der Waals surface area (Å²) in [6, 6.07) is 1.96. The highest BCUT2D eigenvalue weighted by Gasteiger charge is 2.29. The lowest BCUT2D eigenvalue weighted by Crippen LogP contribution is -2.35. The summed E-state index contributed by atoms with van der Waals surface area (Å²) in [6.45, 7) is 11.5. The third-order valence-corrected chi connectivity index (χ3v) is 4.15. The fourth-order valence-electron chi connectivity index (χ4n) is 3.00. The molecule has 1 aliphatic rings. The van der Waals surface area contributed by atoms with Crippen molar-refractivity contribution in [3.05, 3.63) is 23.0 Å². The monoisotopic (exact) mass is 335 g/mol. The lowest BCUT2D eigenvalue weighted by molar-refractivity contribution is 0.0287. The number of aromatic nitrogens is 1. The molecular weight excluding hydrogens is 306 g/mol. The van der Waals surface area contributed by atoms with Gasteiger partial charge in [-0.1, -0.05) is 0 Å². The van der Waals surface area contributed by atoms with Crippen LogP contribution in [0.2, 0.25) is 0 Å². The van der Waals surface area contributed by atoms with Crippen molar-refractivity contribution in [2.45, 2.75) is 53.1 Å². The lowest BCUT2D eigenvalue weighted by Gasteiger charge is -2.24. The van der Waals surface area contributed by atoms with E-state index >= 15 is 0 Å². The molecule has 0 bridgehead atoms. The molecule has 134 valence electrons. The number of hydrogen-bond acceptors (Lipinski definition) is 3. The van der Waals surface area contributed by atoms with Crippen molar-refractivity contribution in [1.82, 2.24) is 15.2 Å². The average Bonchev–Trinajstić information content (AvgIpc) is 3.03. The van der Waals surface area contributed by atoms with Crippen LogP contribution in [-0.2, 0) is 4.74 Å². The molecule has 1 saturated heterocycles. The quantitative estimate of drug-likeness (QED) is 0.888. The summed E-state index contributed by atoms with van der Waals surface area (Å²) >= 11 is 0. The second kappa shape index (κ2) is 7.28. The summed E-state index contributed by atoms with van der Waals surface area (Å²) in [6.07, 6.45) is 1.58. The molecule has 1 aromatic heterocycles. The Morgan fingerprint density at radius 2 is 2.08 bits per heavy atom. The van der Waals surface area contributed by atoms with Gasteiger partial charge >= 0.3 is 6.09 Å². The van der Waals surface area contributed by atoms with Crippen LogP contribution in [0.3, 0.4) is 0 Å². The standard InChI is InChI=1S/C18H29N3O3/c1-12-10-13(2)20-15(12)16(22)19-8-6-14-7-9-21(11-14)17(23)24-18(3,4)5/h10,14,20H,6-9,11H2,1-5H3,(H,19,22)/t14-/m0/s1. The molecule has 0 saturated carbocycles. The summed E-state index contributed by atoms with van der Waals surface area (Å²) in [4.78, 5) is 29.0. The van der Waals surface area contributed by atoms with Gasteiger partial charge in [0, 0.05) is 25.3 Å². The van der Waals surface area contributed by atoms with Gasteiger partial charge in [-0.05, 0) is 65.0 Å². The predicted molar refractivity (Wildman–Crippen MR) is 93.1 cm³/mol. The number of aromatic amines is 1. The fraction of sp³-hybridized carbons (Fsp3) is 0.667. The van der Waals surface area contributed by atoms with Gasteiger partial charge in [-0.15, -0.1) is 0 Å². The Bertz CT molecular complexity index is 601. The summed E-state index contributed by atoms with van der Waals surface area (Å²) in [7, 11) is 0. The van der Waals surface area contributed by atoms with Gasteiger partial charge in [0.1, 0.15) is 11.3 Å². The normalized spacial score (nSPS) is 17.9. The maximum atomic E-state index is 12.2. The van der Waals surface area contributed by atoms with Crippen LogP contribution in [0.4, 0.5) is 4.79 Å². The topological polar surface area (TPSA) is 74.4 Å². The first-order chi connectivity index (χ1) is 11.2. The first-order valence-electron chi connectivity index (χ1n) is 8.58. The molecule has 0 radical (unpaired) electrons. The molecule has 24 heavy (non-hydrogen) atoms. The highest BCUT2D eigenvalue weighted by molar-refractivity contribution is 5.93. The summed E-state index contributed by atoms with van der Waals surface area (Å²) in [5.74, 6) is 0.340. The van der Waals surface area contributed by atoms with Crippen molar-refractivity contribution >= 4 is 12.0 Å². The molecular formula is C18H29N3O3. The van der Waals surface area contributed by atoms with E-state index in [9.17, 15) is 9.59 Å². The molecule has 6 heteroatoms. The van der Waals surface area contributed by atoms with E-state index in [1.54, 1.807) is 4.90 Å². The lowest BCUT2D eigenvalue weighted by atomic mass is 10.1. The van der Waals surface area contributed by atoms with Gasteiger partial charge in [0.2, 0.25) is 0 Å². The van der Waals surface area contributed by atoms with E-state index in [4.69, 9.17) is 4.74 Å². The minimum Gasteiger partial charge on any atom is -0.444 e. The van der Waals surface area contributed by atoms with Gasteiger partial charge in [0.15, 0.2) is 0 Å². The van der Waals surface area contributed by atoms with Crippen molar-refractivity contribution in [2.24, 2.45) is 5.92 Å². The molecule has 6 nitrogen and oxygen atoms in total. The number of aryl methyl sites for hydroxylation is 2. The summed E-state index contributed by atoms with van der Waals surface area (Å²) in [5.41, 5.74) is 2.12. The summed E-state index contributed by atoms with van der Waals surface area (Å²) in [5, 5.41) is 2.96. The fourth-order valence-corrected chi connectivity index (χ4v) is 3.00. The molecule has 1 aliphatic heterocycles. The number of hydrogen-bond donors (Lipinski definition) is 2. The van der Waals surface area contributed by atoms with Crippen LogP contribution in [0.1, 0.15) is 55.4 Å². The number of amides is 2. The number of nitrogens with zero attached hydrogens (tertiary/aromatic N) is 1. The number of ether oxygens (including phenoxy) is 1. The molecule has 2 heterocycles. The van der Waals surface area contributed by atoms with E-state index in [0.717, 1.165) is 30.6 Å². The van der Waals surface area contributed by atoms with Gasteiger partial charge in [-0.3, -0.25) is 4.79 Å². The zero-order valence-corrected chi connectivity index (χ0v) is 15.4. The van der Waals surface area contributed by atoms with Gasteiger partial charge < -0.3 is 19.9 Å². The molecule has 0 spiro atoms. The Morgan fingerprint density at radius 1 is 1.38 bits per heavy atom. The van der Waals surface area contributed by atoms with Crippen molar-refractivity contribution < 1.29 is 14.3 Å². The zero-order chi connectivity index (χ0) is 17.9. The molecule has 2 rings (SSSR count). The molecule has 1 aromatic rings. The number of likely N-dealkylation sites (tertiary alicyclic amines) is 1. The second-order valence-corrected chi connectivity index (χ2v) is 7.64. The number of carbonyl (C=O) groups excluding carboxylic acids is 2. The minimum absolute atomic E-state index is 0.0670. The van der Waals surface area contributed by atoms with Crippen LogP contribution in [0, 0.1) is 19.8 Å². The molecule has 0 aliphatic carbocycles. The Morgan fingerprint density at radius 3 is 2.67 bits per heavy atom. The van der Waals surface area contributed by atoms with E-state index in [2.05, 4.69) is 10.3 Å². The maximum Gasteiger partial charge on any atom is 0.410 e. The smallest absolute Gasteiger partial charge is 0.410 e. The van der Waals surface area contributed by atoms with E-state index < -0.39 is 5.60 Å². The van der Waals surface area contributed by atoms with Crippen LogP contribution in [0.15, 0.2) is 6.07 Å². The number of carbonyl (C=O) groups is 2.